The lowest BCUT2D eigenvalue weighted by molar-refractivity contribution is 0.241. The van der Waals surface area contributed by atoms with Gasteiger partial charge in [0.2, 0.25) is 0 Å². The lowest BCUT2D eigenvalue weighted by Crippen LogP contribution is -2.08. The van der Waals surface area contributed by atoms with Crippen LogP contribution in [0, 0.1) is 0 Å². The summed E-state index contributed by atoms with van der Waals surface area (Å²) in [7, 11) is 0. The molecule has 0 spiro atoms. The van der Waals surface area contributed by atoms with Gasteiger partial charge in [-0.2, -0.15) is 0 Å². The van der Waals surface area contributed by atoms with Crippen molar-refractivity contribution < 1.29 is 9.47 Å². The van der Waals surface area contributed by atoms with Gasteiger partial charge in [0, 0.05) is 0 Å². The zero-order valence-corrected chi connectivity index (χ0v) is 11.7. The normalized spacial score (nSPS) is 10.7. The Hall–Kier alpha value is -1.38. The number of benzene rings is 1. The van der Waals surface area contributed by atoms with Gasteiger partial charge >= 0.3 is 0 Å². The Bertz CT molecular complexity index is 350. The average Bonchev–Trinajstić information content (AvgIpc) is 2.33. The molecule has 0 aliphatic carbocycles. The Morgan fingerprint density at radius 2 is 1.83 bits per heavy atom. The molecular weight excluding hydrogens is 226 g/mol. The number of nitrogens with two attached hydrogens (primary N) is 1. The molecule has 0 fully saturated rings. The van der Waals surface area contributed by atoms with Gasteiger partial charge in [-0.05, 0) is 32.4 Å². The molecule has 3 nitrogen and oxygen atoms in total. The summed E-state index contributed by atoms with van der Waals surface area (Å²) in [6.07, 6.45) is 4.89. The fourth-order valence-electron chi connectivity index (χ4n) is 1.72. The highest BCUT2D eigenvalue weighted by Gasteiger charge is 2.08. The summed E-state index contributed by atoms with van der Waals surface area (Å²) in [5.74, 6) is 1.43. The Kier molecular flexibility index (Phi) is 6.40. The summed E-state index contributed by atoms with van der Waals surface area (Å²) in [6, 6.07) is 5.68. The molecule has 0 aromatic heterocycles. The lowest BCUT2D eigenvalue weighted by Gasteiger charge is -2.15. The third kappa shape index (κ3) is 4.86. The quantitative estimate of drug-likeness (QED) is 0.560. The van der Waals surface area contributed by atoms with E-state index in [0.29, 0.717) is 11.4 Å². The summed E-state index contributed by atoms with van der Waals surface area (Å²) in [4.78, 5) is 0. The fraction of sp³-hybridized carbons (Fsp3) is 0.600. The minimum absolute atomic E-state index is 0.118. The SMILES string of the molecule is CCCCCCOc1cccc(OC(C)C)c1N. The van der Waals surface area contributed by atoms with Crippen molar-refractivity contribution in [2.24, 2.45) is 0 Å². The first-order valence-corrected chi connectivity index (χ1v) is 6.83. The van der Waals surface area contributed by atoms with Crippen molar-refractivity contribution in [3.05, 3.63) is 18.2 Å². The van der Waals surface area contributed by atoms with Crippen LogP contribution in [0.1, 0.15) is 46.5 Å². The van der Waals surface area contributed by atoms with Crippen molar-refractivity contribution in [3.8, 4) is 11.5 Å². The van der Waals surface area contributed by atoms with E-state index in [-0.39, 0.29) is 6.10 Å². The third-order valence-electron chi connectivity index (χ3n) is 2.64. The fourth-order valence-corrected chi connectivity index (χ4v) is 1.72. The number of ether oxygens (including phenoxy) is 2. The first-order chi connectivity index (χ1) is 8.65. The molecule has 1 rings (SSSR count). The molecule has 0 saturated heterocycles. The molecule has 0 unspecified atom stereocenters. The number of hydrogen-bond acceptors (Lipinski definition) is 3. The Balaban J connectivity index is 2.50. The van der Waals surface area contributed by atoms with Gasteiger partial charge in [-0.15, -0.1) is 0 Å². The first-order valence-electron chi connectivity index (χ1n) is 6.83. The maximum atomic E-state index is 6.02. The summed E-state index contributed by atoms with van der Waals surface area (Å²) in [6.45, 7) is 6.89. The highest BCUT2D eigenvalue weighted by Crippen LogP contribution is 2.32. The van der Waals surface area contributed by atoms with Crippen LogP contribution in [0.3, 0.4) is 0 Å². The van der Waals surface area contributed by atoms with Crippen molar-refractivity contribution in [3.63, 3.8) is 0 Å². The van der Waals surface area contributed by atoms with Crippen LogP contribution in [0.25, 0.3) is 0 Å². The molecule has 0 radical (unpaired) electrons. The summed E-state index contributed by atoms with van der Waals surface area (Å²) < 4.78 is 11.3. The molecule has 2 N–H and O–H groups in total. The van der Waals surface area contributed by atoms with Crippen LogP contribution in [0.15, 0.2) is 18.2 Å². The van der Waals surface area contributed by atoms with Gasteiger partial charge in [0.1, 0.15) is 17.2 Å². The number of anilines is 1. The Labute approximate surface area is 110 Å². The third-order valence-corrected chi connectivity index (χ3v) is 2.64. The van der Waals surface area contributed by atoms with E-state index in [1.807, 2.05) is 32.0 Å². The molecule has 0 atom stereocenters. The first kappa shape index (κ1) is 14.7. The van der Waals surface area contributed by atoms with Crippen molar-refractivity contribution in [2.75, 3.05) is 12.3 Å². The summed E-state index contributed by atoms with van der Waals surface area (Å²) in [5.41, 5.74) is 6.62. The Morgan fingerprint density at radius 1 is 1.11 bits per heavy atom. The predicted octanol–water partition coefficient (Wildman–Crippen LogP) is 4.02. The Morgan fingerprint density at radius 3 is 2.50 bits per heavy atom. The van der Waals surface area contributed by atoms with E-state index in [9.17, 15) is 0 Å². The number of rotatable bonds is 8. The van der Waals surface area contributed by atoms with Crippen LogP contribution in [0.4, 0.5) is 5.69 Å². The number of hydrogen-bond donors (Lipinski definition) is 1. The van der Waals surface area contributed by atoms with Gasteiger partial charge in [-0.3, -0.25) is 0 Å². The van der Waals surface area contributed by atoms with Crippen molar-refractivity contribution in [1.82, 2.24) is 0 Å². The second-order valence-electron chi connectivity index (χ2n) is 4.74. The number of unbranched alkanes of at least 4 members (excludes halogenated alkanes) is 3. The largest absolute Gasteiger partial charge is 0.491 e. The van der Waals surface area contributed by atoms with E-state index in [2.05, 4.69) is 6.92 Å². The van der Waals surface area contributed by atoms with Crippen LogP contribution < -0.4 is 15.2 Å². The minimum Gasteiger partial charge on any atom is -0.491 e. The molecule has 1 aromatic carbocycles. The standard InChI is InChI=1S/C15H25NO2/c1-4-5-6-7-11-17-13-9-8-10-14(15(13)16)18-12(2)3/h8-10,12H,4-7,11,16H2,1-3H3. The van der Waals surface area contributed by atoms with Crippen LogP contribution >= 0.6 is 0 Å². The second kappa shape index (κ2) is 7.85. The smallest absolute Gasteiger partial charge is 0.146 e. The molecule has 0 aliphatic rings. The minimum atomic E-state index is 0.118. The molecule has 0 amide bonds. The van der Waals surface area contributed by atoms with E-state index in [1.54, 1.807) is 0 Å². The second-order valence-corrected chi connectivity index (χ2v) is 4.74. The summed E-state index contributed by atoms with van der Waals surface area (Å²) >= 11 is 0. The molecule has 18 heavy (non-hydrogen) atoms. The van der Waals surface area contributed by atoms with Gasteiger partial charge in [0.15, 0.2) is 0 Å². The van der Waals surface area contributed by atoms with Crippen LogP contribution in [0.5, 0.6) is 11.5 Å². The van der Waals surface area contributed by atoms with Crippen molar-refractivity contribution >= 4 is 5.69 Å². The molecule has 0 bridgehead atoms. The van der Waals surface area contributed by atoms with Crippen LogP contribution in [-0.4, -0.2) is 12.7 Å². The maximum Gasteiger partial charge on any atom is 0.146 e. The van der Waals surface area contributed by atoms with Gasteiger partial charge in [-0.25, -0.2) is 0 Å². The van der Waals surface area contributed by atoms with Gasteiger partial charge in [0.05, 0.1) is 12.7 Å². The van der Waals surface area contributed by atoms with E-state index >= 15 is 0 Å². The number of para-hydroxylation sites is 1. The van der Waals surface area contributed by atoms with Gasteiger partial charge in [0.25, 0.3) is 0 Å². The molecule has 0 heterocycles. The number of nitrogen functional groups attached to an aromatic ring is 1. The summed E-state index contributed by atoms with van der Waals surface area (Å²) in [5, 5.41) is 0. The predicted molar refractivity (Wildman–Crippen MR) is 76.3 cm³/mol. The zero-order valence-electron chi connectivity index (χ0n) is 11.7. The van der Waals surface area contributed by atoms with E-state index in [1.165, 1.54) is 19.3 Å². The highest BCUT2D eigenvalue weighted by atomic mass is 16.5. The van der Waals surface area contributed by atoms with Gasteiger partial charge in [-0.1, -0.05) is 32.3 Å². The van der Waals surface area contributed by atoms with Crippen molar-refractivity contribution in [1.29, 1.82) is 0 Å². The highest BCUT2D eigenvalue weighted by molar-refractivity contribution is 5.62. The van der Waals surface area contributed by atoms with E-state index in [0.717, 1.165) is 18.8 Å². The lowest BCUT2D eigenvalue weighted by atomic mass is 10.2. The maximum absolute atomic E-state index is 6.02. The molecule has 0 aliphatic heterocycles. The molecular formula is C15H25NO2. The monoisotopic (exact) mass is 251 g/mol. The van der Waals surface area contributed by atoms with Crippen LogP contribution in [0.2, 0.25) is 0 Å². The van der Waals surface area contributed by atoms with E-state index in [4.69, 9.17) is 15.2 Å². The van der Waals surface area contributed by atoms with E-state index < -0.39 is 0 Å². The molecule has 102 valence electrons. The zero-order chi connectivity index (χ0) is 13.4. The van der Waals surface area contributed by atoms with Crippen molar-refractivity contribution in [2.45, 2.75) is 52.6 Å². The average molecular weight is 251 g/mol. The molecule has 0 saturated carbocycles. The topological polar surface area (TPSA) is 44.5 Å². The molecule has 3 heteroatoms. The van der Waals surface area contributed by atoms with Gasteiger partial charge < -0.3 is 15.2 Å². The molecule has 1 aromatic rings. The van der Waals surface area contributed by atoms with Crippen LogP contribution in [-0.2, 0) is 0 Å².